The summed E-state index contributed by atoms with van der Waals surface area (Å²) in [7, 11) is 0. The van der Waals surface area contributed by atoms with E-state index in [9.17, 15) is 27.6 Å². The first-order valence-electron chi connectivity index (χ1n) is 13.1. The number of aryl methyl sites for hydroxylation is 2. The second-order valence-electron chi connectivity index (χ2n) is 10.4. The standard InChI is InChI=1S/C29H28F3N5O4/c1-18-4-3-11-33-23(18)16-35-12-9-28(10-13-35)26(40)37(27(41)36(28)17-29(30,31)32)22-14-19(2)24(34-15-22)20-5-7-21(8-6-20)25(38)39/h3-8,11,14-15H,9-10,12-13,16-17H2,1-2H3,(H,38,39). The highest BCUT2D eigenvalue weighted by Crippen LogP contribution is 2.41. The molecule has 41 heavy (non-hydrogen) atoms. The van der Waals surface area contributed by atoms with E-state index in [0.717, 1.165) is 16.2 Å². The molecule has 4 heterocycles. The molecule has 0 saturated carbocycles. The normalized spacial score (nSPS) is 17.5. The highest BCUT2D eigenvalue weighted by molar-refractivity contribution is 6.23. The Morgan fingerprint density at radius 1 is 1.02 bits per heavy atom. The number of imide groups is 1. The van der Waals surface area contributed by atoms with Crippen molar-refractivity contribution in [2.75, 3.05) is 24.5 Å². The molecule has 0 unspecified atom stereocenters. The molecule has 214 valence electrons. The highest BCUT2D eigenvalue weighted by Gasteiger charge is 2.60. The largest absolute Gasteiger partial charge is 0.478 e. The van der Waals surface area contributed by atoms with Gasteiger partial charge in [0.25, 0.3) is 5.91 Å². The minimum atomic E-state index is -4.69. The van der Waals surface area contributed by atoms with Gasteiger partial charge >= 0.3 is 18.2 Å². The summed E-state index contributed by atoms with van der Waals surface area (Å²) in [6.45, 7) is 3.23. The number of anilines is 1. The van der Waals surface area contributed by atoms with Crippen molar-refractivity contribution in [3.8, 4) is 11.3 Å². The molecule has 0 radical (unpaired) electrons. The van der Waals surface area contributed by atoms with Crippen LogP contribution >= 0.6 is 0 Å². The molecule has 1 N–H and O–H groups in total. The van der Waals surface area contributed by atoms with Crippen LogP contribution in [-0.4, -0.2) is 74.1 Å². The summed E-state index contributed by atoms with van der Waals surface area (Å²) < 4.78 is 41.0. The molecule has 2 fully saturated rings. The molecule has 3 aromatic rings. The van der Waals surface area contributed by atoms with Crippen LogP contribution in [0.3, 0.4) is 0 Å². The lowest BCUT2D eigenvalue weighted by Crippen LogP contribution is -2.58. The van der Waals surface area contributed by atoms with Gasteiger partial charge in [0, 0.05) is 31.4 Å². The quantitative estimate of drug-likeness (QED) is 0.426. The molecule has 1 spiro atoms. The van der Waals surface area contributed by atoms with Crippen LogP contribution in [0.2, 0.25) is 0 Å². The van der Waals surface area contributed by atoms with Gasteiger partial charge < -0.3 is 5.11 Å². The van der Waals surface area contributed by atoms with Crippen molar-refractivity contribution in [2.45, 2.75) is 44.9 Å². The van der Waals surface area contributed by atoms with Crippen molar-refractivity contribution in [3.63, 3.8) is 0 Å². The third-order valence-corrected chi connectivity index (χ3v) is 7.78. The number of alkyl halides is 3. The number of nitrogens with zero attached hydrogens (tertiary/aromatic N) is 5. The number of aromatic carboxylic acids is 1. The molecule has 2 aliphatic heterocycles. The third-order valence-electron chi connectivity index (χ3n) is 7.78. The summed E-state index contributed by atoms with van der Waals surface area (Å²) in [5, 5.41) is 9.13. The van der Waals surface area contributed by atoms with E-state index < -0.39 is 36.2 Å². The van der Waals surface area contributed by atoms with Crippen LogP contribution in [0.15, 0.2) is 54.9 Å². The number of rotatable bonds is 6. The molecule has 3 amide bonds. The average Bonchev–Trinajstić information content (AvgIpc) is 3.11. The van der Waals surface area contributed by atoms with Crippen molar-refractivity contribution in [1.29, 1.82) is 0 Å². The first-order chi connectivity index (χ1) is 19.4. The van der Waals surface area contributed by atoms with Gasteiger partial charge in [-0.05, 0) is 62.1 Å². The first-order valence-corrected chi connectivity index (χ1v) is 13.1. The van der Waals surface area contributed by atoms with Crippen molar-refractivity contribution >= 4 is 23.6 Å². The maximum absolute atomic E-state index is 13.9. The first kappa shape index (κ1) is 28.2. The summed E-state index contributed by atoms with van der Waals surface area (Å²) in [5.74, 6) is -1.77. The monoisotopic (exact) mass is 567 g/mol. The van der Waals surface area contributed by atoms with E-state index >= 15 is 0 Å². The van der Waals surface area contributed by atoms with Crippen LogP contribution < -0.4 is 4.90 Å². The van der Waals surface area contributed by atoms with Crippen LogP contribution in [0, 0.1) is 13.8 Å². The number of likely N-dealkylation sites (tertiary alicyclic amines) is 1. The molecule has 0 atom stereocenters. The number of carbonyl (C=O) groups excluding carboxylic acids is 2. The van der Waals surface area contributed by atoms with E-state index in [1.54, 1.807) is 25.3 Å². The molecule has 12 heteroatoms. The van der Waals surface area contributed by atoms with E-state index in [2.05, 4.69) is 9.97 Å². The second kappa shape index (κ2) is 10.6. The number of halogens is 3. The van der Waals surface area contributed by atoms with Gasteiger partial charge in [-0.2, -0.15) is 13.2 Å². The zero-order chi connectivity index (χ0) is 29.5. The smallest absolute Gasteiger partial charge is 0.406 e. The second-order valence-corrected chi connectivity index (χ2v) is 10.4. The number of carboxylic acid groups (broad SMARTS) is 1. The number of amides is 3. The topological polar surface area (TPSA) is 107 Å². The summed E-state index contributed by atoms with van der Waals surface area (Å²) in [6.07, 6.45) is -1.62. The van der Waals surface area contributed by atoms with Crippen molar-refractivity contribution < 1.29 is 32.7 Å². The van der Waals surface area contributed by atoms with Gasteiger partial charge in [-0.15, -0.1) is 0 Å². The number of hydrogen-bond acceptors (Lipinski definition) is 6. The number of carboxylic acids is 1. The lowest BCUT2D eigenvalue weighted by Gasteiger charge is -2.42. The van der Waals surface area contributed by atoms with Crippen molar-refractivity contribution in [1.82, 2.24) is 19.8 Å². The molecule has 9 nitrogen and oxygen atoms in total. The van der Waals surface area contributed by atoms with E-state index in [1.807, 2.05) is 24.0 Å². The number of piperidine rings is 1. The molecular formula is C29H28F3N5O4. The van der Waals surface area contributed by atoms with Crippen LogP contribution in [-0.2, 0) is 11.3 Å². The Kier molecular flexibility index (Phi) is 7.28. The van der Waals surface area contributed by atoms with E-state index in [4.69, 9.17) is 5.11 Å². The zero-order valence-corrected chi connectivity index (χ0v) is 22.5. The number of aromatic nitrogens is 2. The molecule has 0 aliphatic carbocycles. The van der Waals surface area contributed by atoms with E-state index in [-0.39, 0.29) is 24.1 Å². The van der Waals surface area contributed by atoms with Gasteiger partial charge in [-0.25, -0.2) is 14.5 Å². The molecule has 2 saturated heterocycles. The average molecular weight is 568 g/mol. The molecule has 2 aliphatic rings. The Morgan fingerprint density at radius 2 is 1.71 bits per heavy atom. The summed E-state index contributed by atoms with van der Waals surface area (Å²) in [4.78, 5) is 50.8. The predicted molar refractivity (Wildman–Crippen MR) is 143 cm³/mol. The number of pyridine rings is 2. The highest BCUT2D eigenvalue weighted by atomic mass is 19.4. The summed E-state index contributed by atoms with van der Waals surface area (Å²) in [5.41, 5.74) is 2.08. The SMILES string of the molecule is Cc1cccnc1CN1CCC2(CC1)C(=O)N(c1cnc(-c3ccc(C(=O)O)cc3)c(C)c1)C(=O)N2CC(F)(F)F. The lowest BCUT2D eigenvalue weighted by atomic mass is 9.85. The number of hydrogen-bond donors (Lipinski definition) is 1. The van der Waals surface area contributed by atoms with Gasteiger partial charge in [0.1, 0.15) is 12.1 Å². The Bertz CT molecular complexity index is 1500. The number of carbonyl (C=O) groups is 3. The van der Waals surface area contributed by atoms with Gasteiger partial charge in [0.2, 0.25) is 0 Å². The minimum Gasteiger partial charge on any atom is -0.478 e. The number of urea groups is 1. The molecular weight excluding hydrogens is 539 g/mol. The maximum Gasteiger partial charge on any atom is 0.406 e. The molecule has 2 aromatic heterocycles. The van der Waals surface area contributed by atoms with Gasteiger partial charge in [0.05, 0.1) is 28.8 Å². The minimum absolute atomic E-state index is 0.0520. The fourth-order valence-electron chi connectivity index (χ4n) is 5.56. The fraction of sp³-hybridized carbons (Fsp3) is 0.345. The van der Waals surface area contributed by atoms with Crippen LogP contribution in [0.25, 0.3) is 11.3 Å². The molecule has 1 aromatic carbocycles. The van der Waals surface area contributed by atoms with E-state index in [0.29, 0.717) is 41.4 Å². The van der Waals surface area contributed by atoms with Gasteiger partial charge in [-0.3, -0.25) is 24.6 Å². The van der Waals surface area contributed by atoms with Gasteiger partial charge in [0.15, 0.2) is 0 Å². The third kappa shape index (κ3) is 5.39. The van der Waals surface area contributed by atoms with E-state index in [1.165, 1.54) is 24.4 Å². The predicted octanol–water partition coefficient (Wildman–Crippen LogP) is 4.82. The maximum atomic E-state index is 13.9. The Balaban J connectivity index is 1.42. The van der Waals surface area contributed by atoms with Crippen molar-refractivity contribution in [2.24, 2.45) is 0 Å². The Labute approximate surface area is 234 Å². The van der Waals surface area contributed by atoms with Crippen LogP contribution in [0.1, 0.15) is 40.0 Å². The Morgan fingerprint density at radius 3 is 2.29 bits per heavy atom. The molecule has 0 bridgehead atoms. The molecule has 5 rings (SSSR count). The Hall–Kier alpha value is -4.32. The van der Waals surface area contributed by atoms with Gasteiger partial charge in [-0.1, -0.05) is 18.2 Å². The summed E-state index contributed by atoms with van der Waals surface area (Å²) in [6, 6.07) is 10.3. The lowest BCUT2D eigenvalue weighted by molar-refractivity contribution is -0.154. The van der Waals surface area contributed by atoms with Crippen LogP contribution in [0.5, 0.6) is 0 Å². The van der Waals surface area contributed by atoms with Crippen LogP contribution in [0.4, 0.5) is 23.7 Å². The fourth-order valence-corrected chi connectivity index (χ4v) is 5.56. The summed E-state index contributed by atoms with van der Waals surface area (Å²) >= 11 is 0. The van der Waals surface area contributed by atoms with Crippen molar-refractivity contribution in [3.05, 3.63) is 77.2 Å². The number of benzene rings is 1. The zero-order valence-electron chi connectivity index (χ0n) is 22.5.